The number of fused-ring (bicyclic) bond motifs is 2. The van der Waals surface area contributed by atoms with E-state index in [2.05, 4.69) is 16.4 Å². The Morgan fingerprint density at radius 3 is 2.71 bits per heavy atom. The summed E-state index contributed by atoms with van der Waals surface area (Å²) in [5.41, 5.74) is 3.93. The zero-order chi connectivity index (χ0) is 19.7. The van der Waals surface area contributed by atoms with Crippen LogP contribution in [0.1, 0.15) is 37.7 Å². The summed E-state index contributed by atoms with van der Waals surface area (Å²) in [6.07, 6.45) is 1.96. The molecule has 2 amide bonds. The van der Waals surface area contributed by atoms with Crippen LogP contribution in [0.15, 0.2) is 48.5 Å². The van der Waals surface area contributed by atoms with Crippen LogP contribution in [0.4, 0.5) is 5.69 Å². The van der Waals surface area contributed by atoms with Gasteiger partial charge in [0, 0.05) is 19.2 Å². The Kier molecular flexibility index (Phi) is 4.86. The van der Waals surface area contributed by atoms with Crippen molar-refractivity contribution in [1.82, 2.24) is 14.9 Å². The van der Waals surface area contributed by atoms with Crippen molar-refractivity contribution in [2.75, 3.05) is 11.4 Å². The minimum atomic E-state index is -0.286. The van der Waals surface area contributed by atoms with Gasteiger partial charge < -0.3 is 14.8 Å². The van der Waals surface area contributed by atoms with Crippen molar-refractivity contribution in [2.45, 2.75) is 39.3 Å². The maximum absolute atomic E-state index is 13.3. The van der Waals surface area contributed by atoms with E-state index < -0.39 is 0 Å². The fourth-order valence-electron chi connectivity index (χ4n) is 3.97. The molecule has 0 radical (unpaired) electrons. The maximum atomic E-state index is 13.3. The molecule has 6 nitrogen and oxygen atoms in total. The molecule has 1 atom stereocenters. The van der Waals surface area contributed by atoms with Gasteiger partial charge in [0.05, 0.1) is 17.1 Å². The first-order valence-electron chi connectivity index (χ1n) is 9.65. The number of carbonyl (C=O) groups is 2. The summed E-state index contributed by atoms with van der Waals surface area (Å²) in [6.45, 7) is 4.28. The molecule has 0 saturated heterocycles. The number of benzene rings is 2. The molecule has 6 heteroatoms. The van der Waals surface area contributed by atoms with E-state index in [9.17, 15) is 9.59 Å². The highest BCUT2D eigenvalue weighted by molar-refractivity contribution is 5.95. The van der Waals surface area contributed by atoms with E-state index in [0.717, 1.165) is 36.1 Å². The summed E-state index contributed by atoms with van der Waals surface area (Å²) in [7, 11) is 0. The molecule has 3 aromatic rings. The van der Waals surface area contributed by atoms with Gasteiger partial charge >= 0.3 is 0 Å². The lowest BCUT2D eigenvalue weighted by atomic mass is 10.0. The second-order valence-electron chi connectivity index (χ2n) is 7.24. The number of amides is 2. The molecule has 1 unspecified atom stereocenters. The van der Waals surface area contributed by atoms with Crippen molar-refractivity contribution in [1.29, 1.82) is 0 Å². The van der Waals surface area contributed by atoms with Gasteiger partial charge in [-0.3, -0.25) is 9.59 Å². The average molecular weight is 376 g/mol. The molecule has 0 fully saturated rings. The number of carbonyl (C=O) groups excluding carboxylic acids is 2. The fraction of sp³-hybridized carbons (Fsp3) is 0.318. The summed E-state index contributed by atoms with van der Waals surface area (Å²) in [6, 6.07) is 15.6. The van der Waals surface area contributed by atoms with Gasteiger partial charge in [0.15, 0.2) is 0 Å². The minimum Gasteiger partial charge on any atom is -0.347 e. The van der Waals surface area contributed by atoms with Crippen LogP contribution in [0.25, 0.3) is 11.0 Å². The second kappa shape index (κ2) is 7.46. The topological polar surface area (TPSA) is 67.2 Å². The van der Waals surface area contributed by atoms with Gasteiger partial charge in [-0.05, 0) is 43.5 Å². The van der Waals surface area contributed by atoms with Crippen molar-refractivity contribution in [3.63, 3.8) is 0 Å². The lowest BCUT2D eigenvalue weighted by Gasteiger charge is -2.30. The molecule has 2 heterocycles. The first kappa shape index (κ1) is 18.2. The summed E-state index contributed by atoms with van der Waals surface area (Å²) >= 11 is 0. The maximum Gasteiger partial charge on any atom is 0.246 e. The Bertz CT molecular complexity index is 1040. The minimum absolute atomic E-state index is 0.0339. The van der Waals surface area contributed by atoms with Crippen LogP contribution in [0.5, 0.6) is 0 Å². The zero-order valence-corrected chi connectivity index (χ0v) is 16.2. The monoisotopic (exact) mass is 376 g/mol. The number of nitrogens with one attached hydrogen (secondary N) is 1. The Morgan fingerprint density at radius 1 is 1.14 bits per heavy atom. The molecule has 1 aliphatic heterocycles. The van der Waals surface area contributed by atoms with Gasteiger partial charge in [-0.25, -0.2) is 4.98 Å². The van der Waals surface area contributed by atoms with E-state index in [0.29, 0.717) is 5.82 Å². The number of hydrogen-bond donors (Lipinski definition) is 1. The molecule has 1 aliphatic rings. The number of imidazole rings is 1. The number of aromatic nitrogens is 2. The van der Waals surface area contributed by atoms with E-state index in [1.165, 1.54) is 12.5 Å². The molecular formula is C22H24N4O2. The van der Waals surface area contributed by atoms with Crippen LogP contribution in [0.2, 0.25) is 0 Å². The van der Waals surface area contributed by atoms with E-state index in [4.69, 9.17) is 0 Å². The predicted octanol–water partition coefficient (Wildman–Crippen LogP) is 3.21. The van der Waals surface area contributed by atoms with Crippen molar-refractivity contribution in [3.8, 4) is 0 Å². The van der Waals surface area contributed by atoms with Crippen molar-refractivity contribution < 1.29 is 9.59 Å². The molecule has 4 rings (SSSR count). The smallest absolute Gasteiger partial charge is 0.246 e. The van der Waals surface area contributed by atoms with Crippen LogP contribution in [0, 0.1) is 0 Å². The Balaban J connectivity index is 1.69. The van der Waals surface area contributed by atoms with Crippen molar-refractivity contribution in [3.05, 3.63) is 59.9 Å². The standard InChI is InChI=1S/C22H24N4O2/c1-15(23-16(2)27)22-24-18-10-4-6-12-20(18)26(22)14-21(28)25-13-7-9-17-8-3-5-11-19(17)25/h3-6,8,10-12,15H,7,9,13-14H2,1-2H3,(H,23,27). The third kappa shape index (κ3) is 3.38. The first-order valence-corrected chi connectivity index (χ1v) is 9.65. The molecule has 2 aromatic carbocycles. The van der Waals surface area contributed by atoms with Crippen LogP contribution in [-0.2, 0) is 22.6 Å². The molecule has 0 bridgehead atoms. The number of aryl methyl sites for hydroxylation is 1. The Morgan fingerprint density at radius 2 is 1.89 bits per heavy atom. The highest BCUT2D eigenvalue weighted by Crippen LogP contribution is 2.28. The number of rotatable bonds is 4. The Labute approximate surface area is 164 Å². The molecule has 0 spiro atoms. The number of hydrogen-bond acceptors (Lipinski definition) is 3. The van der Waals surface area contributed by atoms with Crippen LogP contribution in [-0.4, -0.2) is 27.9 Å². The first-order chi connectivity index (χ1) is 13.5. The zero-order valence-electron chi connectivity index (χ0n) is 16.2. The average Bonchev–Trinajstić information content (AvgIpc) is 3.05. The van der Waals surface area contributed by atoms with E-state index >= 15 is 0 Å². The predicted molar refractivity (Wildman–Crippen MR) is 109 cm³/mol. The van der Waals surface area contributed by atoms with Gasteiger partial charge in [-0.2, -0.15) is 0 Å². The van der Waals surface area contributed by atoms with Crippen molar-refractivity contribution >= 4 is 28.5 Å². The Hall–Kier alpha value is -3.15. The lowest BCUT2D eigenvalue weighted by molar-refractivity contribution is -0.119. The quantitative estimate of drug-likeness (QED) is 0.760. The summed E-state index contributed by atoms with van der Waals surface area (Å²) < 4.78 is 1.93. The van der Waals surface area contributed by atoms with Gasteiger partial charge in [-0.15, -0.1) is 0 Å². The van der Waals surface area contributed by atoms with Crippen molar-refractivity contribution in [2.24, 2.45) is 0 Å². The van der Waals surface area contributed by atoms with Gasteiger partial charge in [0.2, 0.25) is 11.8 Å². The van der Waals surface area contributed by atoms with Gasteiger partial charge in [-0.1, -0.05) is 30.3 Å². The van der Waals surface area contributed by atoms with Gasteiger partial charge in [0.25, 0.3) is 0 Å². The summed E-state index contributed by atoms with van der Waals surface area (Å²) in [5, 5.41) is 2.88. The number of anilines is 1. The van der Waals surface area contributed by atoms with E-state index in [1.807, 2.05) is 58.9 Å². The molecule has 1 aromatic heterocycles. The van der Waals surface area contributed by atoms with Crippen LogP contribution in [0.3, 0.4) is 0 Å². The van der Waals surface area contributed by atoms with Crippen LogP contribution < -0.4 is 10.2 Å². The molecule has 1 N–H and O–H groups in total. The fourth-order valence-corrected chi connectivity index (χ4v) is 3.97. The van der Waals surface area contributed by atoms with E-state index in [-0.39, 0.29) is 24.4 Å². The molecule has 144 valence electrons. The molecule has 28 heavy (non-hydrogen) atoms. The highest BCUT2D eigenvalue weighted by atomic mass is 16.2. The lowest BCUT2D eigenvalue weighted by Crippen LogP contribution is -2.38. The summed E-state index contributed by atoms with van der Waals surface area (Å²) in [4.78, 5) is 31.4. The largest absolute Gasteiger partial charge is 0.347 e. The van der Waals surface area contributed by atoms with Gasteiger partial charge in [0.1, 0.15) is 12.4 Å². The number of nitrogens with zero attached hydrogens (tertiary/aromatic N) is 3. The molecule has 0 aliphatic carbocycles. The normalized spacial score (nSPS) is 14.6. The molecule has 0 saturated carbocycles. The SMILES string of the molecule is CC(=O)NC(C)c1nc2ccccc2n1CC(=O)N1CCCc2ccccc21. The van der Waals surface area contributed by atoms with E-state index in [1.54, 1.807) is 0 Å². The third-order valence-corrected chi connectivity index (χ3v) is 5.20. The van der Waals surface area contributed by atoms with Crippen LogP contribution >= 0.6 is 0 Å². The third-order valence-electron chi connectivity index (χ3n) is 5.20. The molecular weight excluding hydrogens is 352 g/mol. The highest BCUT2D eigenvalue weighted by Gasteiger charge is 2.25. The summed E-state index contributed by atoms with van der Waals surface area (Å²) in [5.74, 6) is 0.601. The number of para-hydroxylation sites is 3. The second-order valence-corrected chi connectivity index (χ2v) is 7.24.